The Balaban J connectivity index is 1.42. The number of likely N-dealkylation sites (tertiary alicyclic amines) is 1. The number of carbonyl (C=O) groups is 2. The van der Waals surface area contributed by atoms with Crippen LogP contribution >= 0.6 is 0 Å². The summed E-state index contributed by atoms with van der Waals surface area (Å²) in [4.78, 5) is 30.3. The number of hydrogen-bond donors (Lipinski definition) is 0. The molecule has 1 aromatic carbocycles. The molecule has 0 saturated carbocycles. The molecule has 0 radical (unpaired) electrons. The van der Waals surface area contributed by atoms with Crippen LogP contribution in [0.1, 0.15) is 12.8 Å². The number of nitrogens with zero attached hydrogens (tertiary/aromatic N) is 3. The van der Waals surface area contributed by atoms with E-state index in [-0.39, 0.29) is 23.6 Å². The van der Waals surface area contributed by atoms with Crippen molar-refractivity contribution in [1.29, 1.82) is 0 Å². The first-order chi connectivity index (χ1) is 12.6. The van der Waals surface area contributed by atoms with E-state index in [9.17, 15) is 14.0 Å². The molecule has 2 aliphatic heterocycles. The third-order valence-corrected chi connectivity index (χ3v) is 5.31. The lowest BCUT2D eigenvalue weighted by atomic mass is 9.97. The molecule has 1 aromatic rings. The van der Waals surface area contributed by atoms with Gasteiger partial charge in [-0.05, 0) is 37.1 Å². The second-order valence-electron chi connectivity index (χ2n) is 6.92. The number of methoxy groups -OCH3 is 1. The first-order valence-electron chi connectivity index (χ1n) is 9.15. The summed E-state index contributed by atoms with van der Waals surface area (Å²) in [6.45, 7) is 4.92. The summed E-state index contributed by atoms with van der Waals surface area (Å²) in [5.41, 5.74) is 1.02. The lowest BCUT2D eigenvalue weighted by molar-refractivity contribution is -0.149. The van der Waals surface area contributed by atoms with Crippen LogP contribution in [0.15, 0.2) is 24.3 Å². The van der Waals surface area contributed by atoms with E-state index < -0.39 is 0 Å². The predicted molar refractivity (Wildman–Crippen MR) is 96.4 cm³/mol. The molecule has 142 valence electrons. The predicted octanol–water partition coefficient (Wildman–Crippen LogP) is 1.36. The molecule has 0 N–H and O–H groups in total. The lowest BCUT2D eigenvalue weighted by Crippen LogP contribution is -2.51. The van der Waals surface area contributed by atoms with Crippen molar-refractivity contribution in [2.24, 2.45) is 5.92 Å². The Bertz CT molecular complexity index is 621. The Morgan fingerprint density at radius 1 is 1.04 bits per heavy atom. The fourth-order valence-corrected chi connectivity index (χ4v) is 3.64. The summed E-state index contributed by atoms with van der Waals surface area (Å²) < 4.78 is 17.8. The molecule has 2 heterocycles. The number of hydrogen-bond acceptors (Lipinski definition) is 5. The van der Waals surface area contributed by atoms with Crippen LogP contribution in [0.3, 0.4) is 0 Å². The first kappa shape index (κ1) is 18.6. The second kappa shape index (κ2) is 8.49. The minimum atomic E-state index is -0.228. The largest absolute Gasteiger partial charge is 0.469 e. The Kier molecular flexibility index (Phi) is 6.08. The van der Waals surface area contributed by atoms with Gasteiger partial charge in [-0.15, -0.1) is 0 Å². The summed E-state index contributed by atoms with van der Waals surface area (Å²) in [7, 11) is 1.41. The number of halogens is 1. The molecule has 0 spiro atoms. The van der Waals surface area contributed by atoms with Crippen LogP contribution < -0.4 is 4.90 Å². The molecule has 0 atom stereocenters. The van der Waals surface area contributed by atoms with Crippen LogP contribution in [0.5, 0.6) is 0 Å². The van der Waals surface area contributed by atoms with Gasteiger partial charge in [-0.3, -0.25) is 14.5 Å². The standard InChI is InChI=1S/C19H26FN3O3/c1-26-19(25)15-6-8-23(9-7-15)18(24)14-21-10-12-22(13-11-21)17-4-2-16(20)3-5-17/h2-5,15H,6-14H2,1H3. The Labute approximate surface area is 153 Å². The van der Waals surface area contributed by atoms with Crippen LogP contribution in [0, 0.1) is 11.7 Å². The number of rotatable bonds is 4. The topological polar surface area (TPSA) is 53.1 Å². The molecular formula is C19H26FN3O3. The first-order valence-corrected chi connectivity index (χ1v) is 9.15. The zero-order chi connectivity index (χ0) is 18.5. The van der Waals surface area contributed by atoms with E-state index in [4.69, 9.17) is 4.74 Å². The van der Waals surface area contributed by atoms with Crippen LogP contribution in [-0.4, -0.2) is 74.6 Å². The molecule has 26 heavy (non-hydrogen) atoms. The molecule has 1 amide bonds. The summed E-state index contributed by atoms with van der Waals surface area (Å²) >= 11 is 0. The molecule has 0 aromatic heterocycles. The van der Waals surface area contributed by atoms with Gasteiger partial charge in [0.1, 0.15) is 5.82 Å². The number of anilines is 1. The summed E-state index contributed by atoms with van der Waals surface area (Å²) in [5.74, 6) is -0.352. The highest BCUT2D eigenvalue weighted by atomic mass is 19.1. The minimum Gasteiger partial charge on any atom is -0.469 e. The van der Waals surface area contributed by atoms with E-state index in [0.29, 0.717) is 32.5 Å². The Morgan fingerprint density at radius 3 is 2.23 bits per heavy atom. The van der Waals surface area contributed by atoms with E-state index >= 15 is 0 Å². The molecular weight excluding hydrogens is 337 g/mol. The Hall–Kier alpha value is -2.15. The van der Waals surface area contributed by atoms with Gasteiger partial charge >= 0.3 is 5.97 Å². The van der Waals surface area contributed by atoms with Crippen molar-refractivity contribution in [3.63, 3.8) is 0 Å². The number of benzene rings is 1. The minimum absolute atomic E-state index is 0.0803. The van der Waals surface area contributed by atoms with Gasteiger partial charge in [-0.1, -0.05) is 0 Å². The van der Waals surface area contributed by atoms with E-state index in [1.807, 2.05) is 4.90 Å². The van der Waals surface area contributed by atoms with Gasteiger partial charge in [-0.25, -0.2) is 4.39 Å². The second-order valence-corrected chi connectivity index (χ2v) is 6.92. The number of carbonyl (C=O) groups excluding carboxylic acids is 2. The number of amides is 1. The van der Waals surface area contributed by atoms with Crippen LogP contribution in [0.25, 0.3) is 0 Å². The quantitative estimate of drug-likeness (QED) is 0.756. The zero-order valence-corrected chi connectivity index (χ0v) is 15.2. The van der Waals surface area contributed by atoms with E-state index in [2.05, 4.69) is 9.80 Å². The fraction of sp³-hybridized carbons (Fsp3) is 0.579. The molecule has 2 fully saturated rings. The molecule has 0 unspecified atom stereocenters. The molecule has 7 heteroatoms. The maximum absolute atomic E-state index is 13.0. The molecule has 0 bridgehead atoms. The van der Waals surface area contributed by atoms with Crippen molar-refractivity contribution in [2.45, 2.75) is 12.8 Å². The SMILES string of the molecule is COC(=O)C1CCN(C(=O)CN2CCN(c3ccc(F)cc3)CC2)CC1. The van der Waals surface area contributed by atoms with Crippen molar-refractivity contribution in [3.8, 4) is 0 Å². The smallest absolute Gasteiger partial charge is 0.308 e. The average Bonchev–Trinajstić information content (AvgIpc) is 2.69. The average molecular weight is 363 g/mol. The highest BCUT2D eigenvalue weighted by Crippen LogP contribution is 2.20. The monoisotopic (exact) mass is 363 g/mol. The lowest BCUT2D eigenvalue weighted by Gasteiger charge is -2.37. The Morgan fingerprint density at radius 2 is 1.65 bits per heavy atom. The summed E-state index contributed by atoms with van der Waals surface area (Å²) in [6, 6.07) is 6.54. The van der Waals surface area contributed by atoms with Gasteiger partial charge in [0.25, 0.3) is 0 Å². The normalized spacial score (nSPS) is 19.5. The van der Waals surface area contributed by atoms with Crippen LogP contribution in [0.4, 0.5) is 10.1 Å². The van der Waals surface area contributed by atoms with E-state index in [1.54, 1.807) is 12.1 Å². The highest BCUT2D eigenvalue weighted by molar-refractivity contribution is 5.79. The third-order valence-electron chi connectivity index (χ3n) is 5.31. The maximum Gasteiger partial charge on any atom is 0.308 e. The summed E-state index contributed by atoms with van der Waals surface area (Å²) in [6.07, 6.45) is 1.35. The van der Waals surface area contributed by atoms with E-state index in [1.165, 1.54) is 19.2 Å². The molecule has 0 aliphatic carbocycles. The summed E-state index contributed by atoms with van der Waals surface area (Å²) in [5, 5.41) is 0. The molecule has 2 aliphatic rings. The van der Waals surface area contributed by atoms with Crippen molar-refractivity contribution in [2.75, 3.05) is 57.8 Å². The number of ether oxygens (including phenoxy) is 1. The van der Waals surface area contributed by atoms with Gasteiger partial charge in [0, 0.05) is 45.0 Å². The maximum atomic E-state index is 13.0. The highest BCUT2D eigenvalue weighted by Gasteiger charge is 2.29. The molecule has 3 rings (SSSR count). The van der Waals surface area contributed by atoms with Crippen molar-refractivity contribution in [3.05, 3.63) is 30.1 Å². The van der Waals surface area contributed by atoms with Gasteiger partial charge in [0.15, 0.2) is 0 Å². The number of piperidine rings is 1. The van der Waals surface area contributed by atoms with Crippen molar-refractivity contribution < 1.29 is 18.7 Å². The molecule has 6 nitrogen and oxygen atoms in total. The molecule has 2 saturated heterocycles. The van der Waals surface area contributed by atoms with Crippen LogP contribution in [0.2, 0.25) is 0 Å². The zero-order valence-electron chi connectivity index (χ0n) is 15.2. The van der Waals surface area contributed by atoms with Crippen molar-refractivity contribution in [1.82, 2.24) is 9.80 Å². The van der Waals surface area contributed by atoms with Gasteiger partial charge in [-0.2, -0.15) is 0 Å². The van der Waals surface area contributed by atoms with Crippen molar-refractivity contribution >= 4 is 17.6 Å². The van der Waals surface area contributed by atoms with Gasteiger partial charge in [0.2, 0.25) is 5.91 Å². The van der Waals surface area contributed by atoms with Crippen LogP contribution in [-0.2, 0) is 14.3 Å². The number of esters is 1. The van der Waals surface area contributed by atoms with E-state index in [0.717, 1.165) is 31.9 Å². The fourth-order valence-electron chi connectivity index (χ4n) is 3.64. The third kappa shape index (κ3) is 4.52. The van der Waals surface area contributed by atoms with Gasteiger partial charge in [0.05, 0.1) is 19.6 Å². The van der Waals surface area contributed by atoms with Gasteiger partial charge < -0.3 is 14.5 Å². The number of piperazine rings is 1.